The van der Waals surface area contributed by atoms with Crippen LogP contribution in [-0.4, -0.2) is 12.5 Å². The average molecular weight is 417 g/mol. The first-order valence-electron chi connectivity index (χ1n) is 7.09. The van der Waals surface area contributed by atoms with Crippen LogP contribution in [0, 0.1) is 6.92 Å². The smallest absolute Gasteiger partial charge is 0.224 e. The predicted molar refractivity (Wildman–Crippen MR) is 98.7 cm³/mol. The molecule has 2 aromatic rings. The highest BCUT2D eigenvalue weighted by molar-refractivity contribution is 9.10. The first kappa shape index (κ1) is 18.1. The number of benzene rings is 2. The Hall–Kier alpha value is -1.23. The van der Waals surface area contributed by atoms with E-state index < -0.39 is 0 Å². The quantitative estimate of drug-likeness (QED) is 0.598. The molecule has 0 heterocycles. The van der Waals surface area contributed by atoms with E-state index in [-0.39, 0.29) is 5.91 Å². The van der Waals surface area contributed by atoms with Crippen LogP contribution in [0.4, 0.5) is 5.69 Å². The van der Waals surface area contributed by atoms with E-state index in [1.54, 1.807) is 18.2 Å². The standard InChI is InChI=1S/C17H16BrCl2NO2/c1-11-9-13(19)5-7-16(11)23-8-2-3-17(22)21-15-6-4-12(18)10-14(15)20/h4-7,9-10H,2-3,8H2,1H3,(H,21,22). The number of anilines is 1. The lowest BCUT2D eigenvalue weighted by Gasteiger charge is -2.10. The predicted octanol–water partition coefficient (Wildman–Crippen LogP) is 5.86. The highest BCUT2D eigenvalue weighted by atomic mass is 79.9. The van der Waals surface area contributed by atoms with Crippen molar-refractivity contribution >= 4 is 50.7 Å². The number of ether oxygens (including phenoxy) is 1. The number of amides is 1. The molecular weight excluding hydrogens is 401 g/mol. The van der Waals surface area contributed by atoms with Crippen molar-refractivity contribution in [2.24, 2.45) is 0 Å². The molecule has 1 amide bonds. The second kappa shape index (κ2) is 8.57. The van der Waals surface area contributed by atoms with Crippen LogP contribution in [0.2, 0.25) is 10.0 Å². The third-order valence-corrected chi connectivity index (χ3v) is 4.19. The van der Waals surface area contributed by atoms with Gasteiger partial charge in [0.05, 0.1) is 17.3 Å². The second-order valence-electron chi connectivity index (χ2n) is 5.03. The van der Waals surface area contributed by atoms with Gasteiger partial charge in [-0.3, -0.25) is 4.79 Å². The fraction of sp³-hybridized carbons (Fsp3) is 0.235. The topological polar surface area (TPSA) is 38.3 Å². The molecule has 0 unspecified atom stereocenters. The molecule has 0 saturated heterocycles. The molecule has 1 N–H and O–H groups in total. The summed E-state index contributed by atoms with van der Waals surface area (Å²) in [6.07, 6.45) is 0.973. The van der Waals surface area contributed by atoms with Gasteiger partial charge in [-0.05, 0) is 55.3 Å². The van der Waals surface area contributed by atoms with Crippen LogP contribution in [0.1, 0.15) is 18.4 Å². The fourth-order valence-electron chi connectivity index (χ4n) is 1.99. The largest absolute Gasteiger partial charge is 0.493 e. The van der Waals surface area contributed by atoms with Gasteiger partial charge >= 0.3 is 0 Å². The average Bonchev–Trinajstić information content (AvgIpc) is 2.48. The molecule has 6 heteroatoms. The van der Waals surface area contributed by atoms with Crippen molar-refractivity contribution in [2.45, 2.75) is 19.8 Å². The van der Waals surface area contributed by atoms with Gasteiger partial charge in [0.2, 0.25) is 5.91 Å². The summed E-state index contributed by atoms with van der Waals surface area (Å²) in [6, 6.07) is 10.8. The molecule has 3 nitrogen and oxygen atoms in total. The van der Waals surface area contributed by atoms with Crippen LogP contribution in [0.3, 0.4) is 0 Å². The Morgan fingerprint density at radius 2 is 2.00 bits per heavy atom. The van der Waals surface area contributed by atoms with Crippen molar-refractivity contribution in [1.82, 2.24) is 0 Å². The summed E-state index contributed by atoms with van der Waals surface area (Å²) in [6.45, 7) is 2.40. The summed E-state index contributed by atoms with van der Waals surface area (Å²) >= 11 is 15.3. The van der Waals surface area contributed by atoms with Gasteiger partial charge in [-0.2, -0.15) is 0 Å². The van der Waals surface area contributed by atoms with Crippen LogP contribution in [0.15, 0.2) is 40.9 Å². The number of nitrogens with one attached hydrogen (secondary N) is 1. The van der Waals surface area contributed by atoms with Crippen molar-refractivity contribution in [1.29, 1.82) is 0 Å². The zero-order valence-electron chi connectivity index (χ0n) is 12.5. The number of rotatable bonds is 6. The molecule has 0 spiro atoms. The van der Waals surface area contributed by atoms with Gasteiger partial charge in [0.1, 0.15) is 5.75 Å². The maximum absolute atomic E-state index is 11.9. The molecule has 0 aromatic heterocycles. The highest BCUT2D eigenvalue weighted by Crippen LogP contribution is 2.26. The molecule has 23 heavy (non-hydrogen) atoms. The van der Waals surface area contributed by atoms with E-state index >= 15 is 0 Å². The fourth-order valence-corrected chi connectivity index (χ4v) is 2.94. The van der Waals surface area contributed by atoms with Crippen molar-refractivity contribution < 1.29 is 9.53 Å². The number of aryl methyl sites for hydroxylation is 1. The SMILES string of the molecule is Cc1cc(Cl)ccc1OCCCC(=O)Nc1ccc(Br)cc1Cl. The van der Waals surface area contributed by atoms with Gasteiger partial charge in [0.15, 0.2) is 0 Å². The minimum absolute atomic E-state index is 0.0920. The Bertz CT molecular complexity index is 707. The van der Waals surface area contributed by atoms with Crippen molar-refractivity contribution in [3.63, 3.8) is 0 Å². The van der Waals surface area contributed by atoms with E-state index in [0.717, 1.165) is 15.8 Å². The number of hydrogen-bond acceptors (Lipinski definition) is 2. The molecule has 2 rings (SSSR count). The Kier molecular flexibility index (Phi) is 6.75. The van der Waals surface area contributed by atoms with Gasteiger partial charge in [0.25, 0.3) is 0 Å². The molecule has 2 aromatic carbocycles. The van der Waals surface area contributed by atoms with Crippen LogP contribution in [0.5, 0.6) is 5.75 Å². The van der Waals surface area contributed by atoms with Crippen LogP contribution >= 0.6 is 39.1 Å². The summed E-state index contributed by atoms with van der Waals surface area (Å²) in [5.41, 5.74) is 1.58. The zero-order chi connectivity index (χ0) is 16.8. The molecular formula is C17H16BrCl2NO2. The number of hydrogen-bond donors (Lipinski definition) is 1. The minimum atomic E-state index is -0.0920. The summed E-state index contributed by atoms with van der Waals surface area (Å²) < 4.78 is 6.53. The number of carbonyl (C=O) groups excluding carboxylic acids is 1. The van der Waals surface area contributed by atoms with E-state index in [4.69, 9.17) is 27.9 Å². The lowest BCUT2D eigenvalue weighted by Crippen LogP contribution is -2.13. The lowest BCUT2D eigenvalue weighted by atomic mass is 10.2. The molecule has 0 aliphatic carbocycles. The lowest BCUT2D eigenvalue weighted by molar-refractivity contribution is -0.116. The van der Waals surface area contributed by atoms with Crippen molar-refractivity contribution in [2.75, 3.05) is 11.9 Å². The number of halogens is 3. The van der Waals surface area contributed by atoms with Crippen LogP contribution in [-0.2, 0) is 4.79 Å². The van der Waals surface area contributed by atoms with Gasteiger partial charge in [-0.1, -0.05) is 39.1 Å². The first-order valence-corrected chi connectivity index (χ1v) is 8.64. The normalized spacial score (nSPS) is 10.4. The van der Waals surface area contributed by atoms with Gasteiger partial charge in [-0.25, -0.2) is 0 Å². The van der Waals surface area contributed by atoms with Crippen molar-refractivity contribution in [3.05, 3.63) is 56.5 Å². The Morgan fingerprint density at radius 3 is 2.70 bits per heavy atom. The molecule has 0 aliphatic heterocycles. The highest BCUT2D eigenvalue weighted by Gasteiger charge is 2.07. The second-order valence-corrected chi connectivity index (χ2v) is 6.79. The monoisotopic (exact) mass is 415 g/mol. The van der Waals surface area contributed by atoms with E-state index in [1.165, 1.54) is 0 Å². The Balaban J connectivity index is 1.76. The molecule has 0 saturated carbocycles. The summed E-state index contributed by atoms with van der Waals surface area (Å²) in [5, 5.41) is 3.97. The van der Waals surface area contributed by atoms with E-state index in [0.29, 0.717) is 35.2 Å². The van der Waals surface area contributed by atoms with Gasteiger partial charge in [0, 0.05) is 15.9 Å². The van der Waals surface area contributed by atoms with E-state index in [1.807, 2.05) is 25.1 Å². The molecule has 0 bridgehead atoms. The maximum Gasteiger partial charge on any atom is 0.224 e. The number of carbonyl (C=O) groups is 1. The summed E-state index contributed by atoms with van der Waals surface area (Å²) in [4.78, 5) is 11.9. The molecule has 0 aliphatic rings. The molecule has 122 valence electrons. The van der Waals surface area contributed by atoms with E-state index in [9.17, 15) is 4.79 Å². The third kappa shape index (κ3) is 5.72. The molecule has 0 atom stereocenters. The molecule has 0 radical (unpaired) electrons. The van der Waals surface area contributed by atoms with E-state index in [2.05, 4.69) is 21.2 Å². The first-order chi connectivity index (χ1) is 11.0. The van der Waals surface area contributed by atoms with Crippen LogP contribution < -0.4 is 10.1 Å². The zero-order valence-corrected chi connectivity index (χ0v) is 15.6. The van der Waals surface area contributed by atoms with Crippen molar-refractivity contribution in [3.8, 4) is 5.75 Å². The maximum atomic E-state index is 11.9. The minimum Gasteiger partial charge on any atom is -0.493 e. The summed E-state index contributed by atoms with van der Waals surface area (Å²) in [7, 11) is 0. The Morgan fingerprint density at radius 1 is 1.22 bits per heavy atom. The van der Waals surface area contributed by atoms with Gasteiger partial charge in [-0.15, -0.1) is 0 Å². The summed E-state index contributed by atoms with van der Waals surface area (Å²) in [5.74, 6) is 0.691. The van der Waals surface area contributed by atoms with Gasteiger partial charge < -0.3 is 10.1 Å². The van der Waals surface area contributed by atoms with Crippen LogP contribution in [0.25, 0.3) is 0 Å². The Labute approximate surface area is 154 Å². The molecule has 0 fully saturated rings. The third-order valence-electron chi connectivity index (χ3n) is 3.15.